The van der Waals surface area contributed by atoms with Crippen LogP contribution in [0, 0.1) is 18.6 Å². The molecule has 1 rings (SSSR count). The number of unbranched alkanes of at least 4 members (excludes halogenated alkanes) is 1. The van der Waals surface area contributed by atoms with Crippen molar-refractivity contribution in [3.63, 3.8) is 0 Å². The summed E-state index contributed by atoms with van der Waals surface area (Å²) in [6, 6.07) is 2.30. The molecule has 0 aliphatic heterocycles. The van der Waals surface area contributed by atoms with Gasteiger partial charge in [-0.2, -0.15) is 0 Å². The number of carbonyl (C=O) groups excluding carboxylic acids is 1. The highest BCUT2D eigenvalue weighted by Crippen LogP contribution is 2.16. The minimum atomic E-state index is -0.915. The Morgan fingerprint density at radius 1 is 1.26 bits per heavy atom. The van der Waals surface area contributed by atoms with Crippen LogP contribution in [0.5, 0.6) is 0 Å². The molecule has 0 atom stereocenters. The lowest BCUT2D eigenvalue weighted by atomic mass is 10.1. The van der Waals surface area contributed by atoms with Crippen LogP contribution in [-0.4, -0.2) is 23.5 Å². The highest BCUT2D eigenvalue weighted by atomic mass is 19.1. The van der Waals surface area contributed by atoms with Gasteiger partial charge >= 0.3 is 5.97 Å². The zero-order chi connectivity index (χ0) is 14.4. The Labute approximate surface area is 109 Å². The lowest BCUT2D eigenvalue weighted by Gasteiger charge is -2.08. The minimum Gasteiger partial charge on any atom is -0.481 e. The number of amides is 1. The lowest BCUT2D eigenvalue weighted by molar-refractivity contribution is -0.137. The molecule has 6 heteroatoms. The highest BCUT2D eigenvalue weighted by Gasteiger charge is 2.18. The summed E-state index contributed by atoms with van der Waals surface area (Å²) in [6.45, 7) is 1.62. The SMILES string of the molecule is Cc1ccc(F)c(C(=O)NCCCCC(=O)O)c1F. The fourth-order valence-corrected chi connectivity index (χ4v) is 1.56. The number of benzene rings is 1. The molecular formula is C13H15F2NO3. The van der Waals surface area contributed by atoms with E-state index in [1.807, 2.05) is 0 Å². The third kappa shape index (κ3) is 4.31. The second-order valence-electron chi connectivity index (χ2n) is 4.16. The fraction of sp³-hybridized carbons (Fsp3) is 0.385. The first kappa shape index (κ1) is 15.1. The molecule has 19 heavy (non-hydrogen) atoms. The van der Waals surface area contributed by atoms with Gasteiger partial charge in [0.1, 0.15) is 17.2 Å². The molecule has 0 spiro atoms. The van der Waals surface area contributed by atoms with Gasteiger partial charge in [-0.05, 0) is 31.4 Å². The summed E-state index contributed by atoms with van der Waals surface area (Å²) < 4.78 is 27.0. The van der Waals surface area contributed by atoms with Gasteiger partial charge < -0.3 is 10.4 Å². The topological polar surface area (TPSA) is 66.4 Å². The molecule has 4 nitrogen and oxygen atoms in total. The summed E-state index contributed by atoms with van der Waals surface area (Å²) in [5.41, 5.74) is -0.407. The van der Waals surface area contributed by atoms with E-state index < -0.39 is 29.1 Å². The molecule has 1 aromatic rings. The lowest BCUT2D eigenvalue weighted by Crippen LogP contribution is -2.26. The van der Waals surface area contributed by atoms with Gasteiger partial charge in [0, 0.05) is 13.0 Å². The number of carbonyl (C=O) groups is 2. The van der Waals surface area contributed by atoms with Gasteiger partial charge in [-0.1, -0.05) is 6.07 Å². The van der Waals surface area contributed by atoms with Crippen molar-refractivity contribution in [3.8, 4) is 0 Å². The number of rotatable bonds is 6. The normalized spacial score (nSPS) is 10.3. The summed E-state index contributed by atoms with van der Waals surface area (Å²) in [5, 5.41) is 10.8. The van der Waals surface area contributed by atoms with E-state index in [9.17, 15) is 18.4 Å². The van der Waals surface area contributed by atoms with Gasteiger partial charge in [-0.25, -0.2) is 8.78 Å². The van der Waals surface area contributed by atoms with E-state index in [2.05, 4.69) is 5.32 Å². The molecule has 0 aromatic heterocycles. The smallest absolute Gasteiger partial charge is 0.303 e. The van der Waals surface area contributed by atoms with Crippen molar-refractivity contribution in [1.29, 1.82) is 0 Å². The van der Waals surface area contributed by atoms with Gasteiger partial charge in [0.25, 0.3) is 5.91 Å². The van der Waals surface area contributed by atoms with Gasteiger partial charge in [0.05, 0.1) is 0 Å². The molecule has 0 heterocycles. The minimum absolute atomic E-state index is 0.00301. The Kier molecular flexibility index (Phi) is 5.41. The first-order chi connectivity index (χ1) is 8.93. The van der Waals surface area contributed by atoms with Gasteiger partial charge in [0.2, 0.25) is 0 Å². The number of carboxylic acids is 1. The van der Waals surface area contributed by atoms with E-state index in [1.54, 1.807) is 0 Å². The fourth-order valence-electron chi connectivity index (χ4n) is 1.56. The molecule has 0 saturated carbocycles. The van der Waals surface area contributed by atoms with Gasteiger partial charge in [-0.3, -0.25) is 9.59 Å². The molecule has 1 aromatic carbocycles. The van der Waals surface area contributed by atoms with Crippen molar-refractivity contribution in [2.75, 3.05) is 6.54 Å². The van der Waals surface area contributed by atoms with E-state index in [1.165, 1.54) is 13.0 Å². The third-order valence-electron chi connectivity index (χ3n) is 2.61. The summed E-state index contributed by atoms with van der Waals surface area (Å²) >= 11 is 0. The van der Waals surface area contributed by atoms with E-state index in [4.69, 9.17) is 5.11 Å². The molecule has 0 fully saturated rings. The third-order valence-corrected chi connectivity index (χ3v) is 2.61. The number of nitrogens with one attached hydrogen (secondary N) is 1. The van der Waals surface area contributed by atoms with E-state index in [0.717, 1.165) is 6.07 Å². The Morgan fingerprint density at radius 3 is 2.58 bits per heavy atom. The molecular weight excluding hydrogens is 256 g/mol. The van der Waals surface area contributed by atoms with Crippen molar-refractivity contribution in [1.82, 2.24) is 5.32 Å². The van der Waals surface area contributed by atoms with Crippen LogP contribution in [0.4, 0.5) is 8.78 Å². The van der Waals surface area contributed by atoms with Crippen molar-refractivity contribution in [2.24, 2.45) is 0 Å². The largest absolute Gasteiger partial charge is 0.481 e. The van der Waals surface area contributed by atoms with E-state index >= 15 is 0 Å². The van der Waals surface area contributed by atoms with E-state index in [-0.39, 0.29) is 18.5 Å². The number of carboxylic acid groups (broad SMARTS) is 1. The molecule has 0 aliphatic carbocycles. The zero-order valence-electron chi connectivity index (χ0n) is 10.5. The molecule has 0 aliphatic rings. The highest BCUT2D eigenvalue weighted by molar-refractivity contribution is 5.94. The second-order valence-corrected chi connectivity index (χ2v) is 4.16. The maximum atomic E-state index is 13.6. The van der Waals surface area contributed by atoms with Gasteiger partial charge in [-0.15, -0.1) is 0 Å². The Morgan fingerprint density at radius 2 is 1.95 bits per heavy atom. The van der Waals surface area contributed by atoms with Crippen LogP contribution < -0.4 is 5.32 Å². The predicted octanol–water partition coefficient (Wildman–Crippen LogP) is 2.26. The molecule has 104 valence electrons. The number of hydrogen-bond acceptors (Lipinski definition) is 2. The monoisotopic (exact) mass is 271 g/mol. The first-order valence-electron chi connectivity index (χ1n) is 5.88. The zero-order valence-corrected chi connectivity index (χ0v) is 10.5. The number of halogens is 2. The maximum Gasteiger partial charge on any atom is 0.303 e. The number of aryl methyl sites for hydroxylation is 1. The maximum absolute atomic E-state index is 13.6. The van der Waals surface area contributed by atoms with Crippen LogP contribution in [0.3, 0.4) is 0 Å². The van der Waals surface area contributed by atoms with Crippen LogP contribution in [0.1, 0.15) is 35.2 Å². The predicted molar refractivity (Wildman–Crippen MR) is 64.9 cm³/mol. The molecule has 2 N–H and O–H groups in total. The average molecular weight is 271 g/mol. The molecule has 0 bridgehead atoms. The van der Waals surface area contributed by atoms with Crippen molar-refractivity contribution in [3.05, 3.63) is 34.9 Å². The average Bonchev–Trinajstić information content (AvgIpc) is 2.33. The second kappa shape index (κ2) is 6.82. The number of aliphatic carboxylic acids is 1. The summed E-state index contributed by atoms with van der Waals surface area (Å²) in [6.07, 6.45) is 0.838. The van der Waals surface area contributed by atoms with Gasteiger partial charge in [0.15, 0.2) is 0 Å². The molecule has 1 amide bonds. The summed E-state index contributed by atoms with van der Waals surface area (Å²) in [4.78, 5) is 21.9. The number of hydrogen-bond donors (Lipinski definition) is 2. The van der Waals surface area contributed by atoms with Crippen LogP contribution in [0.25, 0.3) is 0 Å². The van der Waals surface area contributed by atoms with Crippen LogP contribution in [0.15, 0.2) is 12.1 Å². The summed E-state index contributed by atoms with van der Waals surface area (Å²) in [7, 11) is 0. The Balaban J connectivity index is 2.55. The molecule has 0 radical (unpaired) electrons. The Hall–Kier alpha value is -1.98. The van der Waals surface area contributed by atoms with Crippen LogP contribution in [-0.2, 0) is 4.79 Å². The van der Waals surface area contributed by atoms with Crippen molar-refractivity contribution >= 4 is 11.9 Å². The van der Waals surface area contributed by atoms with Crippen LogP contribution >= 0.6 is 0 Å². The quantitative estimate of drug-likeness (QED) is 0.780. The van der Waals surface area contributed by atoms with Crippen molar-refractivity contribution < 1.29 is 23.5 Å². The van der Waals surface area contributed by atoms with Crippen molar-refractivity contribution in [2.45, 2.75) is 26.2 Å². The standard InChI is InChI=1S/C13H15F2NO3/c1-8-5-6-9(14)11(12(8)15)13(19)16-7-3-2-4-10(17)18/h5-6H,2-4,7H2,1H3,(H,16,19)(H,17,18). The van der Waals surface area contributed by atoms with Crippen LogP contribution in [0.2, 0.25) is 0 Å². The molecule has 0 unspecified atom stereocenters. The Bertz CT molecular complexity index is 489. The van der Waals surface area contributed by atoms with E-state index in [0.29, 0.717) is 12.8 Å². The summed E-state index contributed by atoms with van der Waals surface area (Å²) in [5.74, 6) is -3.52. The first-order valence-corrected chi connectivity index (χ1v) is 5.88. The molecule has 0 saturated heterocycles.